The highest BCUT2D eigenvalue weighted by Gasteiger charge is 2.37. The Balaban J connectivity index is 1.76. The third-order valence-corrected chi connectivity index (χ3v) is 7.26. The molecule has 2 nitrogen and oxygen atoms in total. The normalized spacial score (nSPS) is 33.2. The number of thiazole rings is 1. The largest absolute Gasteiger partial charge is 0.319 e. The SMILES string of the molecule is CCC1CCC(N)(c2nc3c(s2)CC(C(C)C)CC3)CC1. The number of nitrogens with two attached hydrogens (primary N) is 1. The molecule has 0 saturated heterocycles. The van der Waals surface area contributed by atoms with Gasteiger partial charge in [0.05, 0.1) is 11.2 Å². The number of rotatable bonds is 3. The van der Waals surface area contributed by atoms with E-state index < -0.39 is 0 Å². The molecular formula is C18H30N2S. The van der Waals surface area contributed by atoms with E-state index in [9.17, 15) is 0 Å². The zero-order valence-corrected chi connectivity index (χ0v) is 14.6. The minimum absolute atomic E-state index is 0.124. The highest BCUT2D eigenvalue weighted by molar-refractivity contribution is 7.11. The van der Waals surface area contributed by atoms with Crippen LogP contribution in [0.4, 0.5) is 0 Å². The van der Waals surface area contributed by atoms with Crippen LogP contribution in [-0.2, 0) is 18.4 Å². The summed E-state index contributed by atoms with van der Waals surface area (Å²) >= 11 is 1.93. The molecule has 21 heavy (non-hydrogen) atoms. The lowest BCUT2D eigenvalue weighted by Gasteiger charge is -2.35. The number of aromatic nitrogens is 1. The smallest absolute Gasteiger partial charge is 0.113 e. The standard InChI is InChI=1S/C18H30N2S/c1-4-13-7-9-18(19,10-8-13)17-20-15-6-5-14(12(2)3)11-16(15)21-17/h12-14H,4-11,19H2,1-3H3. The Morgan fingerprint density at radius 3 is 2.62 bits per heavy atom. The molecule has 118 valence electrons. The number of fused-ring (bicyclic) bond motifs is 1. The quantitative estimate of drug-likeness (QED) is 0.882. The number of hydrogen-bond donors (Lipinski definition) is 1. The van der Waals surface area contributed by atoms with Crippen LogP contribution in [0.15, 0.2) is 0 Å². The Kier molecular flexibility index (Phi) is 4.42. The number of hydrogen-bond acceptors (Lipinski definition) is 3. The van der Waals surface area contributed by atoms with Crippen LogP contribution in [0.1, 0.15) is 74.9 Å². The molecule has 0 aromatic carbocycles. The molecule has 1 fully saturated rings. The van der Waals surface area contributed by atoms with Crippen molar-refractivity contribution in [1.29, 1.82) is 0 Å². The fourth-order valence-electron chi connectivity index (χ4n) is 4.00. The first-order chi connectivity index (χ1) is 10.0. The monoisotopic (exact) mass is 306 g/mol. The fraction of sp³-hybridized carbons (Fsp3) is 0.833. The van der Waals surface area contributed by atoms with Gasteiger partial charge in [-0.25, -0.2) is 4.98 Å². The highest BCUT2D eigenvalue weighted by Crippen LogP contribution is 2.42. The first kappa shape index (κ1) is 15.5. The average Bonchev–Trinajstić information content (AvgIpc) is 2.91. The van der Waals surface area contributed by atoms with E-state index in [1.807, 2.05) is 11.3 Å². The lowest BCUT2D eigenvalue weighted by molar-refractivity contribution is 0.231. The second kappa shape index (κ2) is 6.00. The first-order valence-corrected chi connectivity index (χ1v) is 9.61. The van der Waals surface area contributed by atoms with E-state index in [0.717, 1.165) is 30.6 Å². The van der Waals surface area contributed by atoms with Gasteiger partial charge in [0.15, 0.2) is 0 Å². The van der Waals surface area contributed by atoms with Gasteiger partial charge < -0.3 is 5.73 Å². The summed E-state index contributed by atoms with van der Waals surface area (Å²) in [5.41, 5.74) is 8.00. The van der Waals surface area contributed by atoms with Gasteiger partial charge in [-0.15, -0.1) is 11.3 Å². The molecule has 3 heteroatoms. The molecule has 0 bridgehead atoms. The van der Waals surface area contributed by atoms with E-state index in [0.29, 0.717) is 0 Å². The van der Waals surface area contributed by atoms with Crippen LogP contribution < -0.4 is 5.73 Å². The van der Waals surface area contributed by atoms with Gasteiger partial charge in [-0.2, -0.15) is 0 Å². The topological polar surface area (TPSA) is 38.9 Å². The molecule has 1 aromatic rings. The summed E-state index contributed by atoms with van der Waals surface area (Å²) in [5.74, 6) is 2.52. The van der Waals surface area contributed by atoms with Crippen molar-refractivity contribution >= 4 is 11.3 Å². The van der Waals surface area contributed by atoms with Crippen LogP contribution in [0.3, 0.4) is 0 Å². The van der Waals surface area contributed by atoms with Crippen molar-refractivity contribution in [2.75, 3.05) is 0 Å². The molecule has 0 aliphatic heterocycles. The molecule has 1 heterocycles. The van der Waals surface area contributed by atoms with Crippen molar-refractivity contribution in [2.45, 2.75) is 77.7 Å². The van der Waals surface area contributed by atoms with Crippen molar-refractivity contribution < 1.29 is 0 Å². The zero-order valence-electron chi connectivity index (χ0n) is 13.8. The molecule has 1 unspecified atom stereocenters. The van der Waals surface area contributed by atoms with E-state index >= 15 is 0 Å². The maximum atomic E-state index is 6.75. The maximum Gasteiger partial charge on any atom is 0.113 e. The van der Waals surface area contributed by atoms with Gasteiger partial charge >= 0.3 is 0 Å². The molecule has 2 N–H and O–H groups in total. The van der Waals surface area contributed by atoms with Gasteiger partial charge in [0.25, 0.3) is 0 Å². The lowest BCUT2D eigenvalue weighted by atomic mass is 9.76. The van der Waals surface area contributed by atoms with Crippen molar-refractivity contribution in [3.05, 3.63) is 15.6 Å². The third kappa shape index (κ3) is 3.05. The maximum absolute atomic E-state index is 6.75. The van der Waals surface area contributed by atoms with Crippen LogP contribution in [0.2, 0.25) is 0 Å². The van der Waals surface area contributed by atoms with Crippen LogP contribution in [0.5, 0.6) is 0 Å². The van der Waals surface area contributed by atoms with E-state index in [1.165, 1.54) is 54.1 Å². The molecular weight excluding hydrogens is 276 g/mol. The van der Waals surface area contributed by atoms with Crippen molar-refractivity contribution in [2.24, 2.45) is 23.5 Å². The Labute approximate surface area is 133 Å². The Morgan fingerprint density at radius 1 is 1.29 bits per heavy atom. The van der Waals surface area contributed by atoms with Gasteiger partial charge in [-0.3, -0.25) is 0 Å². The summed E-state index contributed by atoms with van der Waals surface area (Å²) in [6.45, 7) is 7.02. The molecule has 1 atom stereocenters. The first-order valence-electron chi connectivity index (χ1n) is 8.79. The van der Waals surface area contributed by atoms with E-state index in [1.54, 1.807) is 0 Å². The molecule has 1 aromatic heterocycles. The van der Waals surface area contributed by atoms with Crippen molar-refractivity contribution in [3.63, 3.8) is 0 Å². The number of nitrogens with zero attached hydrogens (tertiary/aromatic N) is 1. The molecule has 2 aliphatic rings. The lowest BCUT2D eigenvalue weighted by Crippen LogP contribution is -2.40. The van der Waals surface area contributed by atoms with Crippen LogP contribution in [0, 0.1) is 17.8 Å². The Bertz CT molecular complexity index is 483. The highest BCUT2D eigenvalue weighted by atomic mass is 32.1. The predicted octanol–water partition coefficient (Wildman–Crippen LogP) is 4.66. The Hall–Kier alpha value is -0.410. The van der Waals surface area contributed by atoms with E-state index in [-0.39, 0.29) is 5.54 Å². The third-order valence-electron chi connectivity index (χ3n) is 5.92. The van der Waals surface area contributed by atoms with Crippen LogP contribution in [0.25, 0.3) is 0 Å². The molecule has 2 aliphatic carbocycles. The van der Waals surface area contributed by atoms with Crippen molar-refractivity contribution in [3.8, 4) is 0 Å². The van der Waals surface area contributed by atoms with Gasteiger partial charge in [-0.05, 0) is 62.7 Å². The predicted molar refractivity (Wildman–Crippen MR) is 90.6 cm³/mol. The summed E-state index contributed by atoms with van der Waals surface area (Å²) in [5, 5.41) is 1.24. The summed E-state index contributed by atoms with van der Waals surface area (Å²) in [4.78, 5) is 6.52. The zero-order chi connectivity index (χ0) is 15.0. The summed E-state index contributed by atoms with van der Waals surface area (Å²) in [6.07, 6.45) is 9.85. The molecule has 0 radical (unpaired) electrons. The van der Waals surface area contributed by atoms with Gasteiger partial charge in [0.2, 0.25) is 0 Å². The second-order valence-electron chi connectivity index (χ2n) is 7.64. The summed E-state index contributed by atoms with van der Waals surface area (Å²) < 4.78 is 0. The molecule has 1 saturated carbocycles. The second-order valence-corrected chi connectivity index (χ2v) is 8.73. The molecule has 3 rings (SSSR count). The van der Waals surface area contributed by atoms with Gasteiger partial charge in [0.1, 0.15) is 5.01 Å². The average molecular weight is 307 g/mol. The summed E-state index contributed by atoms with van der Waals surface area (Å²) in [7, 11) is 0. The number of aryl methyl sites for hydroxylation is 1. The van der Waals surface area contributed by atoms with Crippen LogP contribution in [-0.4, -0.2) is 4.98 Å². The van der Waals surface area contributed by atoms with Gasteiger partial charge in [0, 0.05) is 4.88 Å². The van der Waals surface area contributed by atoms with Crippen molar-refractivity contribution in [1.82, 2.24) is 4.98 Å². The minimum Gasteiger partial charge on any atom is -0.319 e. The fourth-order valence-corrected chi connectivity index (χ4v) is 5.36. The van der Waals surface area contributed by atoms with Crippen LogP contribution >= 0.6 is 11.3 Å². The van der Waals surface area contributed by atoms with Gasteiger partial charge in [-0.1, -0.05) is 27.2 Å². The Morgan fingerprint density at radius 2 is 2.00 bits per heavy atom. The van der Waals surface area contributed by atoms with E-state index in [2.05, 4.69) is 20.8 Å². The summed E-state index contributed by atoms with van der Waals surface area (Å²) in [6, 6.07) is 0. The molecule has 0 amide bonds. The minimum atomic E-state index is -0.124. The molecule has 0 spiro atoms. The van der Waals surface area contributed by atoms with E-state index in [4.69, 9.17) is 10.7 Å².